The van der Waals surface area contributed by atoms with Crippen LogP contribution in [-0.2, 0) is 17.9 Å². The molecular weight excluding hydrogens is 717 g/mol. The maximum atomic E-state index is 14.0. The van der Waals surface area contributed by atoms with Crippen molar-refractivity contribution < 1.29 is 18.7 Å². The minimum atomic E-state index is -0.576. The molecule has 0 aromatic heterocycles. The van der Waals surface area contributed by atoms with Crippen molar-refractivity contribution in [3.8, 4) is 5.75 Å². The highest BCUT2D eigenvalue weighted by Crippen LogP contribution is 2.31. The van der Waals surface area contributed by atoms with Crippen LogP contribution in [0.25, 0.3) is 6.08 Å². The van der Waals surface area contributed by atoms with Gasteiger partial charge < -0.3 is 10.1 Å². The lowest BCUT2D eigenvalue weighted by atomic mass is 10.1. The Kier molecular flexibility index (Phi) is 7.69. The quantitative estimate of drug-likeness (QED) is 0.180. The van der Waals surface area contributed by atoms with Crippen LogP contribution < -0.4 is 10.1 Å². The molecule has 0 saturated carbocycles. The molecule has 0 bridgehead atoms. The van der Waals surface area contributed by atoms with E-state index in [9.17, 15) is 14.0 Å². The van der Waals surface area contributed by atoms with Crippen LogP contribution in [0.15, 0.2) is 70.8 Å². The molecule has 1 aliphatic rings. The van der Waals surface area contributed by atoms with Gasteiger partial charge >= 0.3 is 6.03 Å². The fraction of sp³-hybridized carbons (Fsp3) is 0.0833. The molecule has 33 heavy (non-hydrogen) atoms. The van der Waals surface area contributed by atoms with Gasteiger partial charge in [-0.3, -0.25) is 9.69 Å². The number of imide groups is 1. The van der Waals surface area contributed by atoms with E-state index in [1.54, 1.807) is 24.3 Å². The van der Waals surface area contributed by atoms with E-state index in [0.717, 1.165) is 33.4 Å². The van der Waals surface area contributed by atoms with Crippen LogP contribution in [0.2, 0.25) is 0 Å². The molecule has 0 radical (unpaired) electrons. The number of nitrogens with one attached hydrogen (secondary N) is 1. The van der Waals surface area contributed by atoms with Crippen molar-refractivity contribution in [2.45, 2.75) is 13.2 Å². The molecule has 1 saturated heterocycles. The van der Waals surface area contributed by atoms with Crippen molar-refractivity contribution in [2.24, 2.45) is 0 Å². The molecule has 168 valence electrons. The second-order valence-corrected chi connectivity index (χ2v) is 10.4. The topological polar surface area (TPSA) is 58.6 Å². The number of rotatable bonds is 6. The second kappa shape index (κ2) is 10.5. The summed E-state index contributed by atoms with van der Waals surface area (Å²) in [6, 6.07) is 17.2. The fourth-order valence-electron chi connectivity index (χ4n) is 3.22. The minimum Gasteiger partial charge on any atom is -0.487 e. The number of halogens is 4. The van der Waals surface area contributed by atoms with Crippen LogP contribution >= 0.6 is 61.1 Å². The van der Waals surface area contributed by atoms with Crippen molar-refractivity contribution in [1.29, 1.82) is 0 Å². The van der Waals surface area contributed by atoms with Crippen LogP contribution in [-0.4, -0.2) is 16.8 Å². The van der Waals surface area contributed by atoms with Gasteiger partial charge in [0.15, 0.2) is 0 Å². The van der Waals surface area contributed by atoms with E-state index in [1.807, 2.05) is 36.4 Å². The smallest absolute Gasteiger partial charge is 0.329 e. The molecular formula is C24H16BrFI2N2O3. The Morgan fingerprint density at radius 3 is 2.36 bits per heavy atom. The maximum absolute atomic E-state index is 14.0. The monoisotopic (exact) mass is 732 g/mol. The molecule has 9 heteroatoms. The first-order valence-electron chi connectivity index (χ1n) is 9.76. The first kappa shape index (κ1) is 24.1. The number of urea groups is 1. The first-order valence-corrected chi connectivity index (χ1v) is 12.7. The van der Waals surface area contributed by atoms with Gasteiger partial charge in [-0.25, -0.2) is 9.18 Å². The third-order valence-electron chi connectivity index (χ3n) is 4.88. The van der Waals surface area contributed by atoms with Crippen molar-refractivity contribution in [3.63, 3.8) is 0 Å². The van der Waals surface area contributed by atoms with Crippen LogP contribution in [0.3, 0.4) is 0 Å². The normalized spacial score (nSPS) is 14.7. The van der Waals surface area contributed by atoms with Gasteiger partial charge in [-0.1, -0.05) is 46.3 Å². The average molecular weight is 733 g/mol. The molecule has 3 aromatic carbocycles. The van der Waals surface area contributed by atoms with E-state index in [-0.39, 0.29) is 17.8 Å². The van der Waals surface area contributed by atoms with E-state index < -0.39 is 17.8 Å². The standard InChI is InChI=1S/C24H16BrFI2N2O3/c25-17-7-5-14(6-8-17)13-33-22-19(27)9-15(10-20(22)28)11-21-23(31)30(24(32)29-21)12-16-3-1-2-4-18(16)26/h1-11H,12-13H2,(H,29,32)/b21-11+. The Morgan fingerprint density at radius 2 is 1.70 bits per heavy atom. The number of benzene rings is 3. The summed E-state index contributed by atoms with van der Waals surface area (Å²) in [6.45, 7) is 0.297. The summed E-state index contributed by atoms with van der Waals surface area (Å²) in [5.41, 5.74) is 2.21. The summed E-state index contributed by atoms with van der Waals surface area (Å²) in [7, 11) is 0. The molecule has 3 aromatic rings. The molecule has 0 atom stereocenters. The second-order valence-electron chi connectivity index (χ2n) is 7.20. The number of nitrogens with zero attached hydrogens (tertiary/aromatic N) is 1. The molecule has 3 amide bonds. The average Bonchev–Trinajstić information content (AvgIpc) is 3.03. The maximum Gasteiger partial charge on any atom is 0.329 e. The van der Waals surface area contributed by atoms with Crippen LogP contribution in [0.1, 0.15) is 16.7 Å². The van der Waals surface area contributed by atoms with Crippen LogP contribution in [0.5, 0.6) is 5.75 Å². The molecule has 0 unspecified atom stereocenters. The van der Waals surface area contributed by atoms with Gasteiger partial charge in [0.2, 0.25) is 0 Å². The molecule has 1 N–H and O–H groups in total. The Bertz CT molecular complexity index is 1240. The third kappa shape index (κ3) is 5.75. The van der Waals surface area contributed by atoms with Crippen molar-refractivity contribution >= 4 is 79.1 Å². The van der Waals surface area contributed by atoms with Crippen molar-refractivity contribution in [3.05, 3.63) is 100 Å². The zero-order valence-corrected chi connectivity index (χ0v) is 22.8. The van der Waals surface area contributed by atoms with E-state index in [2.05, 4.69) is 66.4 Å². The Morgan fingerprint density at radius 1 is 1.03 bits per heavy atom. The number of carbonyl (C=O) groups is 2. The zero-order chi connectivity index (χ0) is 23.5. The van der Waals surface area contributed by atoms with E-state index in [0.29, 0.717) is 6.61 Å². The third-order valence-corrected chi connectivity index (χ3v) is 7.01. The summed E-state index contributed by atoms with van der Waals surface area (Å²) < 4.78 is 22.7. The minimum absolute atomic E-state index is 0.132. The summed E-state index contributed by atoms with van der Waals surface area (Å²) in [5, 5.41) is 2.58. The van der Waals surface area contributed by atoms with Gasteiger partial charge in [0.1, 0.15) is 23.9 Å². The van der Waals surface area contributed by atoms with Gasteiger partial charge in [0, 0.05) is 10.0 Å². The summed E-state index contributed by atoms with van der Waals surface area (Å²) >= 11 is 7.80. The molecule has 5 nitrogen and oxygen atoms in total. The molecule has 4 rings (SSSR count). The summed E-state index contributed by atoms with van der Waals surface area (Å²) in [4.78, 5) is 26.1. The molecule has 1 fully saturated rings. The summed E-state index contributed by atoms with van der Waals surface area (Å²) in [6.07, 6.45) is 1.62. The molecule has 0 spiro atoms. The van der Waals surface area contributed by atoms with Gasteiger partial charge in [-0.15, -0.1) is 0 Å². The fourth-order valence-corrected chi connectivity index (χ4v) is 5.61. The number of ether oxygens (including phenoxy) is 1. The molecule has 1 heterocycles. The van der Waals surface area contributed by atoms with Crippen LogP contribution in [0, 0.1) is 13.0 Å². The van der Waals surface area contributed by atoms with Gasteiger partial charge in [0.25, 0.3) is 5.91 Å². The number of hydrogen-bond donors (Lipinski definition) is 1. The summed E-state index contributed by atoms with van der Waals surface area (Å²) in [5.74, 6) is -0.202. The SMILES string of the molecule is O=C1N/C(=C/c2cc(I)c(OCc3ccc(Br)cc3)c(I)c2)C(=O)N1Cc1ccccc1F. The lowest BCUT2D eigenvalue weighted by Gasteiger charge is -2.12. The van der Waals surface area contributed by atoms with Gasteiger partial charge in [-0.05, 0) is 92.7 Å². The predicted molar refractivity (Wildman–Crippen MR) is 144 cm³/mol. The number of carbonyl (C=O) groups excluding carboxylic acids is 2. The van der Waals surface area contributed by atoms with Crippen molar-refractivity contribution in [2.75, 3.05) is 0 Å². The number of amides is 3. The Hall–Kier alpha value is -1.99. The number of hydrogen-bond acceptors (Lipinski definition) is 3. The largest absolute Gasteiger partial charge is 0.487 e. The van der Waals surface area contributed by atoms with Crippen LogP contribution in [0.4, 0.5) is 9.18 Å². The molecule has 0 aliphatic carbocycles. The van der Waals surface area contributed by atoms with E-state index >= 15 is 0 Å². The van der Waals surface area contributed by atoms with Crippen molar-refractivity contribution in [1.82, 2.24) is 10.2 Å². The Balaban J connectivity index is 1.50. The highest BCUT2D eigenvalue weighted by molar-refractivity contribution is 14.1. The van der Waals surface area contributed by atoms with E-state index in [4.69, 9.17) is 4.74 Å². The lowest BCUT2D eigenvalue weighted by Crippen LogP contribution is -2.30. The van der Waals surface area contributed by atoms with Gasteiger partial charge in [-0.2, -0.15) is 0 Å². The first-order chi connectivity index (χ1) is 15.8. The zero-order valence-electron chi connectivity index (χ0n) is 16.9. The molecule has 1 aliphatic heterocycles. The highest BCUT2D eigenvalue weighted by atomic mass is 127. The lowest BCUT2D eigenvalue weighted by molar-refractivity contribution is -0.123. The predicted octanol–water partition coefficient (Wildman–Crippen LogP) is 6.47. The highest BCUT2D eigenvalue weighted by Gasteiger charge is 2.34. The van der Waals surface area contributed by atoms with Gasteiger partial charge in [0.05, 0.1) is 13.7 Å². The Labute approximate surface area is 225 Å². The van der Waals surface area contributed by atoms with E-state index in [1.165, 1.54) is 6.07 Å².